The minimum atomic E-state index is 0.529. The van der Waals surface area contributed by atoms with Crippen molar-refractivity contribution >= 4 is 5.52 Å². The number of ether oxygens (including phenoxy) is 2. The molecular weight excluding hydrogens is 326 g/mol. The van der Waals surface area contributed by atoms with E-state index in [2.05, 4.69) is 9.97 Å². The van der Waals surface area contributed by atoms with Gasteiger partial charge >= 0.3 is 0 Å². The SMILES string of the molecule is CCOc1nc(-c2cccc(OCc3ccccc3)c2)n2ccncc12. The Hall–Kier alpha value is -3.34. The molecule has 0 fully saturated rings. The molecule has 0 aliphatic carbocycles. The lowest BCUT2D eigenvalue weighted by atomic mass is 10.2. The molecule has 0 bridgehead atoms. The van der Waals surface area contributed by atoms with Crippen LogP contribution in [0.2, 0.25) is 0 Å². The summed E-state index contributed by atoms with van der Waals surface area (Å²) in [6, 6.07) is 18.0. The largest absolute Gasteiger partial charge is 0.489 e. The van der Waals surface area contributed by atoms with Crippen LogP contribution in [0, 0.1) is 0 Å². The van der Waals surface area contributed by atoms with Gasteiger partial charge in [0, 0.05) is 18.0 Å². The molecule has 26 heavy (non-hydrogen) atoms. The van der Waals surface area contributed by atoms with Crippen LogP contribution < -0.4 is 9.47 Å². The van der Waals surface area contributed by atoms with E-state index >= 15 is 0 Å². The molecule has 0 saturated carbocycles. The van der Waals surface area contributed by atoms with E-state index in [1.807, 2.05) is 72.1 Å². The van der Waals surface area contributed by atoms with Crippen LogP contribution in [0.15, 0.2) is 73.2 Å². The van der Waals surface area contributed by atoms with Crippen LogP contribution in [0.4, 0.5) is 0 Å². The maximum absolute atomic E-state index is 5.94. The number of hydrogen-bond acceptors (Lipinski definition) is 4. The van der Waals surface area contributed by atoms with E-state index in [1.165, 1.54) is 0 Å². The average molecular weight is 345 g/mol. The van der Waals surface area contributed by atoms with Gasteiger partial charge in [-0.05, 0) is 24.6 Å². The third-order valence-electron chi connectivity index (χ3n) is 4.03. The predicted molar refractivity (Wildman–Crippen MR) is 100 cm³/mol. The van der Waals surface area contributed by atoms with Crippen molar-refractivity contribution in [2.24, 2.45) is 0 Å². The van der Waals surface area contributed by atoms with Crippen LogP contribution >= 0.6 is 0 Å². The number of fused-ring (bicyclic) bond motifs is 1. The van der Waals surface area contributed by atoms with Crippen molar-refractivity contribution in [3.05, 3.63) is 78.8 Å². The first kappa shape index (κ1) is 16.1. The van der Waals surface area contributed by atoms with E-state index in [0.29, 0.717) is 19.1 Å². The number of benzene rings is 2. The normalized spacial score (nSPS) is 10.8. The molecule has 0 spiro atoms. The van der Waals surface area contributed by atoms with Crippen molar-refractivity contribution in [1.29, 1.82) is 0 Å². The highest BCUT2D eigenvalue weighted by Gasteiger charge is 2.14. The molecule has 2 heterocycles. The summed E-state index contributed by atoms with van der Waals surface area (Å²) in [6.45, 7) is 3.03. The molecule has 130 valence electrons. The molecule has 0 aliphatic heterocycles. The Morgan fingerprint density at radius 1 is 1.00 bits per heavy atom. The molecule has 0 atom stereocenters. The number of aromatic nitrogens is 3. The molecule has 0 saturated heterocycles. The Labute approximate surface area is 151 Å². The van der Waals surface area contributed by atoms with Crippen LogP contribution in [0.3, 0.4) is 0 Å². The third kappa shape index (κ3) is 3.24. The zero-order valence-corrected chi connectivity index (χ0v) is 14.5. The third-order valence-corrected chi connectivity index (χ3v) is 4.03. The zero-order chi connectivity index (χ0) is 17.8. The second-order valence-electron chi connectivity index (χ2n) is 5.81. The lowest BCUT2D eigenvalue weighted by Crippen LogP contribution is -1.96. The van der Waals surface area contributed by atoms with Gasteiger partial charge in [-0.15, -0.1) is 0 Å². The first-order chi connectivity index (χ1) is 12.8. The molecule has 0 amide bonds. The summed E-state index contributed by atoms with van der Waals surface area (Å²) >= 11 is 0. The van der Waals surface area contributed by atoms with Gasteiger partial charge in [0.2, 0.25) is 5.88 Å². The number of imidazole rings is 1. The second-order valence-corrected chi connectivity index (χ2v) is 5.81. The minimum Gasteiger partial charge on any atom is -0.489 e. The van der Waals surface area contributed by atoms with Crippen LogP contribution in [-0.2, 0) is 6.61 Å². The maximum atomic E-state index is 5.94. The van der Waals surface area contributed by atoms with Gasteiger partial charge in [-0.3, -0.25) is 9.38 Å². The Morgan fingerprint density at radius 3 is 2.73 bits per heavy atom. The molecular formula is C21H19N3O2. The van der Waals surface area contributed by atoms with Gasteiger partial charge in [-0.2, -0.15) is 4.98 Å². The number of rotatable bonds is 6. The molecule has 4 rings (SSSR count). The minimum absolute atomic E-state index is 0.529. The molecule has 0 unspecified atom stereocenters. The van der Waals surface area contributed by atoms with Gasteiger partial charge in [-0.1, -0.05) is 42.5 Å². The van der Waals surface area contributed by atoms with Gasteiger partial charge in [0.05, 0.1) is 12.8 Å². The molecule has 2 aromatic carbocycles. The lowest BCUT2D eigenvalue weighted by Gasteiger charge is -2.08. The fourth-order valence-electron chi connectivity index (χ4n) is 2.82. The topological polar surface area (TPSA) is 48.7 Å². The molecule has 2 aromatic heterocycles. The maximum Gasteiger partial charge on any atom is 0.241 e. The van der Waals surface area contributed by atoms with Crippen LogP contribution in [0.5, 0.6) is 11.6 Å². The highest BCUT2D eigenvalue weighted by atomic mass is 16.5. The fourth-order valence-corrected chi connectivity index (χ4v) is 2.82. The van der Waals surface area contributed by atoms with E-state index in [-0.39, 0.29) is 0 Å². The highest BCUT2D eigenvalue weighted by Crippen LogP contribution is 2.29. The molecule has 5 nitrogen and oxygen atoms in total. The fraction of sp³-hybridized carbons (Fsp3) is 0.143. The summed E-state index contributed by atoms with van der Waals surface area (Å²) in [5.74, 6) is 2.19. The molecule has 0 radical (unpaired) electrons. The predicted octanol–water partition coefficient (Wildman–Crippen LogP) is 4.37. The lowest BCUT2D eigenvalue weighted by molar-refractivity contribution is 0.306. The number of nitrogens with zero attached hydrogens (tertiary/aromatic N) is 3. The summed E-state index contributed by atoms with van der Waals surface area (Å²) in [5, 5.41) is 0. The number of hydrogen-bond donors (Lipinski definition) is 0. The standard InChI is InChI=1S/C21H19N3O2/c1-2-25-21-19-14-22-11-12-24(19)20(23-21)17-9-6-10-18(13-17)26-15-16-7-4-3-5-8-16/h3-14H,2,15H2,1H3. The second kappa shape index (κ2) is 7.27. The van der Waals surface area contributed by atoms with Crippen molar-refractivity contribution in [3.63, 3.8) is 0 Å². The van der Waals surface area contributed by atoms with Gasteiger partial charge in [0.25, 0.3) is 0 Å². The van der Waals surface area contributed by atoms with Gasteiger partial charge in [0.15, 0.2) is 0 Å². The zero-order valence-electron chi connectivity index (χ0n) is 14.5. The Bertz CT molecular complexity index is 1010. The van der Waals surface area contributed by atoms with E-state index in [0.717, 1.165) is 28.2 Å². The smallest absolute Gasteiger partial charge is 0.241 e. The Balaban J connectivity index is 1.65. The monoisotopic (exact) mass is 345 g/mol. The molecule has 0 N–H and O–H groups in total. The van der Waals surface area contributed by atoms with Gasteiger partial charge in [0.1, 0.15) is 23.7 Å². The summed E-state index contributed by atoms with van der Waals surface area (Å²) in [5.41, 5.74) is 2.94. The van der Waals surface area contributed by atoms with Crippen molar-refractivity contribution in [2.75, 3.05) is 6.61 Å². The highest BCUT2D eigenvalue weighted by molar-refractivity contribution is 5.68. The van der Waals surface area contributed by atoms with Crippen molar-refractivity contribution in [2.45, 2.75) is 13.5 Å². The first-order valence-corrected chi connectivity index (χ1v) is 8.57. The van der Waals surface area contributed by atoms with E-state index in [9.17, 15) is 0 Å². The van der Waals surface area contributed by atoms with E-state index < -0.39 is 0 Å². The first-order valence-electron chi connectivity index (χ1n) is 8.57. The van der Waals surface area contributed by atoms with Crippen LogP contribution in [0.1, 0.15) is 12.5 Å². The Morgan fingerprint density at radius 2 is 1.88 bits per heavy atom. The molecule has 4 aromatic rings. The van der Waals surface area contributed by atoms with Gasteiger partial charge in [-0.25, -0.2) is 0 Å². The van der Waals surface area contributed by atoms with Crippen molar-refractivity contribution in [1.82, 2.24) is 14.4 Å². The van der Waals surface area contributed by atoms with Crippen molar-refractivity contribution in [3.8, 4) is 23.0 Å². The Kier molecular flexibility index (Phi) is 4.51. The summed E-state index contributed by atoms with van der Waals surface area (Å²) in [7, 11) is 0. The van der Waals surface area contributed by atoms with E-state index in [4.69, 9.17) is 9.47 Å². The van der Waals surface area contributed by atoms with Crippen LogP contribution in [-0.4, -0.2) is 21.0 Å². The quantitative estimate of drug-likeness (QED) is 0.520. The van der Waals surface area contributed by atoms with E-state index in [1.54, 1.807) is 12.4 Å². The van der Waals surface area contributed by atoms with Crippen LogP contribution in [0.25, 0.3) is 16.9 Å². The molecule has 5 heteroatoms. The summed E-state index contributed by atoms with van der Waals surface area (Å²) < 4.78 is 13.6. The summed E-state index contributed by atoms with van der Waals surface area (Å²) in [4.78, 5) is 8.83. The summed E-state index contributed by atoms with van der Waals surface area (Å²) in [6.07, 6.45) is 5.39. The average Bonchev–Trinajstić information content (AvgIpc) is 3.07. The van der Waals surface area contributed by atoms with Crippen molar-refractivity contribution < 1.29 is 9.47 Å². The molecule has 0 aliphatic rings. The van der Waals surface area contributed by atoms with Gasteiger partial charge < -0.3 is 9.47 Å².